The van der Waals surface area contributed by atoms with Gasteiger partial charge in [0.15, 0.2) is 11.5 Å². The molecule has 0 saturated heterocycles. The number of hydrogen-bond donors (Lipinski definition) is 0. The van der Waals surface area contributed by atoms with Gasteiger partial charge in [0, 0.05) is 36.2 Å². The van der Waals surface area contributed by atoms with E-state index in [4.69, 9.17) is 18.9 Å². The van der Waals surface area contributed by atoms with Crippen LogP contribution in [0.4, 0.5) is 5.69 Å². The van der Waals surface area contributed by atoms with Crippen LogP contribution in [0.25, 0.3) is 0 Å². The van der Waals surface area contributed by atoms with Crippen molar-refractivity contribution in [2.75, 3.05) is 25.7 Å². The van der Waals surface area contributed by atoms with Crippen LogP contribution in [0.1, 0.15) is 49.0 Å². The van der Waals surface area contributed by atoms with Gasteiger partial charge in [-0.2, -0.15) is 0 Å². The number of benzene rings is 2. The van der Waals surface area contributed by atoms with Crippen molar-refractivity contribution in [1.82, 2.24) is 0 Å². The number of esters is 3. The van der Waals surface area contributed by atoms with Crippen molar-refractivity contribution in [2.24, 2.45) is 0 Å². The predicted molar refractivity (Wildman–Crippen MR) is 126 cm³/mol. The Morgan fingerprint density at radius 1 is 1.06 bits per heavy atom. The Kier molecular flexibility index (Phi) is 7.91. The summed E-state index contributed by atoms with van der Waals surface area (Å²) < 4.78 is 20.9. The number of carbonyl (C=O) groups excluding carboxylic acids is 4. The fraction of sp³-hybridized carbons (Fsp3) is 0.308. The van der Waals surface area contributed by atoms with Gasteiger partial charge in [-0.25, -0.2) is 9.59 Å². The van der Waals surface area contributed by atoms with E-state index in [1.807, 2.05) is 0 Å². The van der Waals surface area contributed by atoms with Gasteiger partial charge in [-0.1, -0.05) is 18.2 Å². The molecule has 1 unspecified atom stereocenters. The van der Waals surface area contributed by atoms with Crippen LogP contribution in [0.2, 0.25) is 0 Å². The highest BCUT2D eigenvalue weighted by Gasteiger charge is 2.39. The third kappa shape index (κ3) is 5.18. The van der Waals surface area contributed by atoms with Gasteiger partial charge in [-0.15, -0.1) is 0 Å². The summed E-state index contributed by atoms with van der Waals surface area (Å²) in [6.07, 6.45) is -0.116. The average Bonchev–Trinajstić information content (AvgIpc) is 2.83. The number of carbonyl (C=O) groups is 4. The van der Waals surface area contributed by atoms with E-state index in [1.165, 1.54) is 32.1 Å². The Balaban J connectivity index is 2.21. The van der Waals surface area contributed by atoms with E-state index in [-0.39, 0.29) is 35.8 Å². The lowest BCUT2D eigenvalue weighted by atomic mass is 9.82. The van der Waals surface area contributed by atoms with Crippen LogP contribution in [0, 0.1) is 0 Å². The number of ether oxygens (including phenoxy) is 4. The van der Waals surface area contributed by atoms with Gasteiger partial charge < -0.3 is 18.9 Å². The minimum absolute atomic E-state index is 0.116. The molecule has 9 nitrogen and oxygen atoms in total. The van der Waals surface area contributed by atoms with Gasteiger partial charge >= 0.3 is 17.9 Å². The minimum Gasteiger partial charge on any atom is -0.493 e. The van der Waals surface area contributed by atoms with Crippen molar-refractivity contribution >= 4 is 29.5 Å². The summed E-state index contributed by atoms with van der Waals surface area (Å²) >= 11 is 0. The highest BCUT2D eigenvalue weighted by atomic mass is 16.6. The molecule has 0 aromatic heterocycles. The first kappa shape index (κ1) is 25.5. The quantitative estimate of drug-likeness (QED) is 0.434. The second kappa shape index (κ2) is 10.9. The lowest BCUT2D eigenvalue weighted by Crippen LogP contribution is -2.38. The average molecular weight is 482 g/mol. The fourth-order valence-electron chi connectivity index (χ4n) is 4.14. The highest BCUT2D eigenvalue weighted by Crippen LogP contribution is 2.45. The van der Waals surface area contributed by atoms with Gasteiger partial charge in [-0.05, 0) is 38.1 Å². The molecule has 1 amide bonds. The van der Waals surface area contributed by atoms with E-state index >= 15 is 0 Å². The Labute approximate surface area is 203 Å². The van der Waals surface area contributed by atoms with Gasteiger partial charge in [-0.3, -0.25) is 14.5 Å². The molecule has 184 valence electrons. The van der Waals surface area contributed by atoms with Gasteiger partial charge in [0.25, 0.3) is 0 Å². The Morgan fingerprint density at radius 2 is 1.77 bits per heavy atom. The van der Waals surface area contributed by atoms with Crippen LogP contribution in [-0.4, -0.2) is 44.6 Å². The Morgan fingerprint density at radius 3 is 2.40 bits per heavy atom. The summed E-state index contributed by atoms with van der Waals surface area (Å²) in [5.41, 5.74) is 1.68. The third-order valence-corrected chi connectivity index (χ3v) is 5.57. The van der Waals surface area contributed by atoms with Crippen molar-refractivity contribution in [3.8, 4) is 11.5 Å². The van der Waals surface area contributed by atoms with Crippen molar-refractivity contribution in [2.45, 2.75) is 33.1 Å². The number of amides is 1. The van der Waals surface area contributed by atoms with Crippen LogP contribution in [0.15, 0.2) is 53.7 Å². The maximum Gasteiger partial charge on any atom is 0.337 e. The largest absolute Gasteiger partial charge is 0.493 e. The molecule has 3 rings (SSSR count). The number of para-hydroxylation sites is 1. The number of rotatable bonds is 7. The molecule has 0 N–H and O–H groups in total. The molecule has 1 atom stereocenters. The van der Waals surface area contributed by atoms with E-state index < -0.39 is 23.8 Å². The normalized spacial score (nSPS) is 15.5. The number of nitrogens with zero attached hydrogens (tertiary/aromatic N) is 1. The maximum absolute atomic E-state index is 13.4. The summed E-state index contributed by atoms with van der Waals surface area (Å²) in [4.78, 5) is 51.8. The third-order valence-electron chi connectivity index (χ3n) is 5.57. The molecule has 0 saturated carbocycles. The molecule has 1 heterocycles. The smallest absolute Gasteiger partial charge is 0.337 e. The maximum atomic E-state index is 13.4. The number of methoxy groups -OCH3 is 2. The second-order valence-electron chi connectivity index (χ2n) is 7.72. The molecule has 1 aliphatic rings. The van der Waals surface area contributed by atoms with E-state index in [2.05, 4.69) is 0 Å². The zero-order valence-corrected chi connectivity index (χ0v) is 20.2. The van der Waals surface area contributed by atoms with Crippen LogP contribution in [0.5, 0.6) is 11.5 Å². The molecular weight excluding hydrogens is 454 g/mol. The summed E-state index contributed by atoms with van der Waals surface area (Å²) in [6.45, 7) is 4.70. The molecule has 2 aromatic carbocycles. The fourth-order valence-corrected chi connectivity index (χ4v) is 4.14. The van der Waals surface area contributed by atoms with E-state index in [9.17, 15) is 19.2 Å². The Hall–Kier alpha value is -4.14. The molecular formula is C26H27NO8. The van der Waals surface area contributed by atoms with Crippen molar-refractivity contribution in [3.63, 3.8) is 0 Å². The van der Waals surface area contributed by atoms with E-state index in [1.54, 1.807) is 50.2 Å². The van der Waals surface area contributed by atoms with Crippen LogP contribution < -0.4 is 14.4 Å². The van der Waals surface area contributed by atoms with Crippen molar-refractivity contribution in [1.29, 1.82) is 0 Å². The topological polar surface area (TPSA) is 108 Å². The predicted octanol–water partition coefficient (Wildman–Crippen LogP) is 3.76. The molecule has 2 aromatic rings. The van der Waals surface area contributed by atoms with E-state index in [0.29, 0.717) is 22.7 Å². The van der Waals surface area contributed by atoms with Crippen LogP contribution >= 0.6 is 0 Å². The van der Waals surface area contributed by atoms with Gasteiger partial charge in [0.05, 0.1) is 32.0 Å². The van der Waals surface area contributed by atoms with Gasteiger partial charge in [0.1, 0.15) is 0 Å². The number of allylic oxidation sites excluding steroid dienone is 1. The summed E-state index contributed by atoms with van der Waals surface area (Å²) in [5, 5.41) is 0. The zero-order valence-electron chi connectivity index (χ0n) is 20.2. The summed E-state index contributed by atoms with van der Waals surface area (Å²) in [7, 11) is 2.70. The highest BCUT2D eigenvalue weighted by molar-refractivity contribution is 6.05. The summed E-state index contributed by atoms with van der Waals surface area (Å²) in [5.74, 6) is -2.38. The molecule has 35 heavy (non-hydrogen) atoms. The zero-order chi connectivity index (χ0) is 25.7. The SMILES string of the molecule is CCOC(=O)C1=C(C)N(c2cccc(C(=O)OC)c2)C(=O)CC1c1cccc(OC)c1OC(C)=O. The lowest BCUT2D eigenvalue weighted by molar-refractivity contribution is -0.139. The second-order valence-corrected chi connectivity index (χ2v) is 7.72. The van der Waals surface area contributed by atoms with Crippen molar-refractivity contribution < 1.29 is 38.1 Å². The molecule has 0 aliphatic carbocycles. The van der Waals surface area contributed by atoms with Crippen molar-refractivity contribution in [3.05, 3.63) is 64.9 Å². The first-order valence-corrected chi connectivity index (χ1v) is 11.0. The molecule has 1 aliphatic heterocycles. The molecule has 0 fully saturated rings. The minimum atomic E-state index is -0.758. The van der Waals surface area contributed by atoms with Crippen LogP contribution in [0.3, 0.4) is 0 Å². The Bertz CT molecular complexity index is 1200. The standard InChI is InChI=1S/C26H27NO8/c1-6-34-26(31)23-15(2)27(18-10-7-9-17(13-18)25(30)33-5)22(29)14-20(23)19-11-8-12-21(32-4)24(19)35-16(3)28/h7-13,20H,6,14H2,1-5H3. The molecule has 0 radical (unpaired) electrons. The monoisotopic (exact) mass is 481 g/mol. The number of hydrogen-bond acceptors (Lipinski definition) is 8. The molecule has 0 spiro atoms. The number of anilines is 1. The summed E-state index contributed by atoms with van der Waals surface area (Å²) in [6, 6.07) is 11.4. The van der Waals surface area contributed by atoms with E-state index in [0.717, 1.165) is 0 Å². The molecule has 9 heteroatoms. The first-order chi connectivity index (χ1) is 16.7. The van der Waals surface area contributed by atoms with Crippen LogP contribution in [-0.2, 0) is 23.9 Å². The lowest BCUT2D eigenvalue weighted by Gasteiger charge is -2.35. The first-order valence-electron chi connectivity index (χ1n) is 11.0. The van der Waals surface area contributed by atoms with Gasteiger partial charge in [0.2, 0.25) is 5.91 Å². The molecule has 0 bridgehead atoms.